The molecule has 11 heteroatoms. The van der Waals surface area contributed by atoms with Gasteiger partial charge in [0.2, 0.25) is 0 Å². The second-order valence-electron chi connectivity index (χ2n) is 5.55. The van der Waals surface area contributed by atoms with E-state index in [0.29, 0.717) is 12.1 Å². The number of ether oxygens (including phenoxy) is 1. The fourth-order valence-electron chi connectivity index (χ4n) is 1.89. The second-order valence-corrected chi connectivity index (χ2v) is 5.55. The van der Waals surface area contributed by atoms with Crippen LogP contribution in [-0.4, -0.2) is 36.0 Å². The maximum atomic E-state index is 12.6. The molecule has 1 aromatic carbocycles. The highest BCUT2D eigenvalue weighted by molar-refractivity contribution is 5.80. The van der Waals surface area contributed by atoms with Crippen molar-refractivity contribution >= 4 is 23.3 Å². The molecule has 0 saturated heterocycles. The zero-order valence-electron chi connectivity index (χ0n) is 14.1. The minimum Gasteiger partial charge on any atom is -0.456 e. The van der Waals surface area contributed by atoms with E-state index in [0.717, 1.165) is 6.07 Å². The van der Waals surface area contributed by atoms with Gasteiger partial charge in [0.05, 0.1) is 16.9 Å². The molecule has 0 aliphatic heterocycles. The lowest BCUT2D eigenvalue weighted by molar-refractivity contribution is -0.384. The zero-order valence-corrected chi connectivity index (χ0v) is 14.1. The van der Waals surface area contributed by atoms with Crippen LogP contribution in [-0.2, 0) is 20.5 Å². The summed E-state index contributed by atoms with van der Waals surface area (Å²) >= 11 is 0. The molecule has 1 aromatic rings. The van der Waals surface area contributed by atoms with Crippen molar-refractivity contribution in [3.05, 3.63) is 33.9 Å². The molecule has 0 aromatic heterocycles. The summed E-state index contributed by atoms with van der Waals surface area (Å²) in [6, 6.07) is 1.92. The van der Waals surface area contributed by atoms with Crippen molar-refractivity contribution in [1.82, 2.24) is 5.32 Å². The van der Waals surface area contributed by atoms with E-state index in [1.165, 1.54) is 0 Å². The number of carbonyl (C=O) groups is 2. The van der Waals surface area contributed by atoms with Gasteiger partial charge in [0.25, 0.3) is 11.6 Å². The Labute approximate surface area is 146 Å². The third-order valence-corrected chi connectivity index (χ3v) is 2.98. The summed E-state index contributed by atoms with van der Waals surface area (Å²) in [5.41, 5.74) is -2.07. The molecule has 144 valence electrons. The largest absolute Gasteiger partial charge is 0.456 e. The minimum atomic E-state index is -4.70. The Morgan fingerprint density at radius 2 is 1.96 bits per heavy atom. The lowest BCUT2D eigenvalue weighted by atomic mass is 10.1. The normalized spacial score (nSPS) is 11.2. The Kier molecular flexibility index (Phi) is 7.35. The molecule has 0 aliphatic carbocycles. The molecule has 0 heterocycles. The zero-order chi connectivity index (χ0) is 19.9. The van der Waals surface area contributed by atoms with E-state index in [2.05, 4.69) is 10.6 Å². The number of anilines is 1. The standard InChI is InChI=1S/C15H18F3N3O5/c1-9(2)20-13(22)8-26-14(23)5-6-19-11-4-3-10(15(16,17)18)7-12(11)21(24)25/h3-4,7,9,19H,5-6,8H2,1-2H3,(H,20,22). The van der Waals surface area contributed by atoms with Gasteiger partial charge in [0, 0.05) is 18.7 Å². The summed E-state index contributed by atoms with van der Waals surface area (Å²) in [6.07, 6.45) is -4.93. The van der Waals surface area contributed by atoms with Crippen LogP contribution in [0.3, 0.4) is 0 Å². The number of alkyl halides is 3. The van der Waals surface area contributed by atoms with Gasteiger partial charge in [-0.1, -0.05) is 0 Å². The van der Waals surface area contributed by atoms with Crippen LogP contribution in [0.4, 0.5) is 24.5 Å². The first-order valence-electron chi connectivity index (χ1n) is 7.55. The third kappa shape index (κ3) is 6.95. The Morgan fingerprint density at radius 3 is 2.50 bits per heavy atom. The maximum Gasteiger partial charge on any atom is 0.416 e. The maximum absolute atomic E-state index is 12.6. The van der Waals surface area contributed by atoms with Crippen LogP contribution < -0.4 is 10.6 Å². The molecule has 2 N–H and O–H groups in total. The van der Waals surface area contributed by atoms with E-state index in [1.54, 1.807) is 13.8 Å². The molecular formula is C15H18F3N3O5. The average molecular weight is 377 g/mol. The van der Waals surface area contributed by atoms with Gasteiger partial charge in [-0.15, -0.1) is 0 Å². The van der Waals surface area contributed by atoms with Crippen LogP contribution in [0.5, 0.6) is 0 Å². The van der Waals surface area contributed by atoms with Crippen molar-refractivity contribution in [1.29, 1.82) is 0 Å². The smallest absolute Gasteiger partial charge is 0.416 e. The van der Waals surface area contributed by atoms with Crippen molar-refractivity contribution in [2.24, 2.45) is 0 Å². The number of halogens is 3. The van der Waals surface area contributed by atoms with Crippen LogP contribution in [0.25, 0.3) is 0 Å². The number of benzene rings is 1. The highest BCUT2D eigenvalue weighted by atomic mass is 19.4. The Bertz CT molecular complexity index is 677. The summed E-state index contributed by atoms with van der Waals surface area (Å²) < 4.78 is 42.5. The van der Waals surface area contributed by atoms with E-state index in [9.17, 15) is 32.9 Å². The fourth-order valence-corrected chi connectivity index (χ4v) is 1.89. The first kappa shape index (κ1) is 21.2. The van der Waals surface area contributed by atoms with Crippen LogP contribution in [0.2, 0.25) is 0 Å². The molecule has 0 aliphatic rings. The van der Waals surface area contributed by atoms with Crippen molar-refractivity contribution in [3.63, 3.8) is 0 Å². The topological polar surface area (TPSA) is 111 Å². The van der Waals surface area contributed by atoms with Gasteiger partial charge < -0.3 is 15.4 Å². The Balaban J connectivity index is 2.58. The molecular weight excluding hydrogens is 359 g/mol. The van der Waals surface area contributed by atoms with Crippen LogP contribution in [0, 0.1) is 10.1 Å². The summed E-state index contributed by atoms with van der Waals surface area (Å²) in [5, 5.41) is 16.0. The van der Waals surface area contributed by atoms with Crippen molar-refractivity contribution < 1.29 is 32.4 Å². The number of nitro benzene ring substituents is 1. The lowest BCUT2D eigenvalue weighted by Crippen LogP contribution is -2.34. The minimum absolute atomic E-state index is 0.108. The monoisotopic (exact) mass is 377 g/mol. The molecule has 0 radical (unpaired) electrons. The third-order valence-electron chi connectivity index (χ3n) is 2.98. The quantitative estimate of drug-likeness (QED) is 0.409. The number of amides is 1. The number of hydrogen-bond donors (Lipinski definition) is 2. The number of nitrogens with one attached hydrogen (secondary N) is 2. The Morgan fingerprint density at radius 1 is 1.31 bits per heavy atom. The molecule has 0 spiro atoms. The van der Waals surface area contributed by atoms with Crippen molar-refractivity contribution in [3.8, 4) is 0 Å². The van der Waals surface area contributed by atoms with Crippen molar-refractivity contribution in [2.75, 3.05) is 18.5 Å². The first-order valence-corrected chi connectivity index (χ1v) is 7.55. The molecule has 0 bridgehead atoms. The van der Waals surface area contributed by atoms with Gasteiger partial charge in [-0.3, -0.25) is 19.7 Å². The first-order chi connectivity index (χ1) is 12.0. The van der Waals surface area contributed by atoms with E-state index >= 15 is 0 Å². The van der Waals surface area contributed by atoms with Crippen LogP contribution in [0.1, 0.15) is 25.8 Å². The number of carbonyl (C=O) groups excluding carboxylic acids is 2. The van der Waals surface area contributed by atoms with Gasteiger partial charge in [-0.05, 0) is 26.0 Å². The summed E-state index contributed by atoms with van der Waals surface area (Å²) in [7, 11) is 0. The van der Waals surface area contributed by atoms with Gasteiger partial charge >= 0.3 is 12.1 Å². The summed E-state index contributed by atoms with van der Waals surface area (Å²) in [5.74, 6) is -1.20. The SMILES string of the molecule is CC(C)NC(=O)COC(=O)CCNc1ccc(C(F)(F)F)cc1[N+](=O)[O-]. The molecule has 8 nitrogen and oxygen atoms in total. The highest BCUT2D eigenvalue weighted by Crippen LogP contribution is 2.34. The second kappa shape index (κ2) is 9.02. The van der Waals surface area contributed by atoms with Gasteiger partial charge in [0.15, 0.2) is 6.61 Å². The predicted molar refractivity (Wildman–Crippen MR) is 85.4 cm³/mol. The number of rotatable bonds is 8. The van der Waals surface area contributed by atoms with E-state index < -0.39 is 40.8 Å². The number of nitrogens with zero attached hydrogens (tertiary/aromatic N) is 1. The molecule has 1 amide bonds. The van der Waals surface area contributed by atoms with Crippen LogP contribution in [0.15, 0.2) is 18.2 Å². The van der Waals surface area contributed by atoms with E-state index in [4.69, 9.17) is 4.74 Å². The van der Waals surface area contributed by atoms with Crippen LogP contribution >= 0.6 is 0 Å². The van der Waals surface area contributed by atoms with Gasteiger partial charge in [-0.25, -0.2) is 0 Å². The molecule has 1 rings (SSSR count). The van der Waals surface area contributed by atoms with E-state index in [-0.39, 0.29) is 24.7 Å². The predicted octanol–water partition coefficient (Wildman–Crippen LogP) is 2.48. The molecule has 0 fully saturated rings. The number of hydrogen-bond acceptors (Lipinski definition) is 6. The molecule has 0 saturated carbocycles. The van der Waals surface area contributed by atoms with E-state index in [1.807, 2.05) is 0 Å². The van der Waals surface area contributed by atoms with Gasteiger partial charge in [-0.2, -0.15) is 13.2 Å². The van der Waals surface area contributed by atoms with Crippen molar-refractivity contribution in [2.45, 2.75) is 32.5 Å². The highest BCUT2D eigenvalue weighted by Gasteiger charge is 2.33. The molecule has 26 heavy (non-hydrogen) atoms. The summed E-state index contributed by atoms with van der Waals surface area (Å²) in [4.78, 5) is 32.8. The van der Waals surface area contributed by atoms with Gasteiger partial charge in [0.1, 0.15) is 5.69 Å². The summed E-state index contributed by atoms with van der Waals surface area (Å²) in [6.45, 7) is 2.90. The average Bonchev–Trinajstić information content (AvgIpc) is 2.51. The lowest BCUT2D eigenvalue weighted by Gasteiger charge is -2.11. The number of esters is 1. The number of nitro groups is 1. The molecule has 0 unspecified atom stereocenters. The Hall–Kier alpha value is -2.85. The fraction of sp³-hybridized carbons (Fsp3) is 0.467. The molecule has 0 atom stereocenters.